The Bertz CT molecular complexity index is 1150. The number of amides is 2. The largest absolute Gasteiger partial charge is 0.507 e. The summed E-state index contributed by atoms with van der Waals surface area (Å²) >= 11 is 0. The number of rotatable bonds is 7. The summed E-state index contributed by atoms with van der Waals surface area (Å²) in [6.07, 6.45) is 4.96. The first kappa shape index (κ1) is 22.6. The first-order valence-corrected chi connectivity index (χ1v) is 11.6. The SMILES string of the molecule is CCCNC(=O)n1nc(-c2ccc(NC(=O)c3ccc(CC)cc3)cc2O)cc1C1CCC1. The van der Waals surface area contributed by atoms with Gasteiger partial charge in [-0.05, 0) is 61.6 Å². The summed E-state index contributed by atoms with van der Waals surface area (Å²) in [5.41, 5.74) is 4.13. The summed E-state index contributed by atoms with van der Waals surface area (Å²) in [5.74, 6) is 0.0558. The number of anilines is 1. The number of benzene rings is 2. The fraction of sp³-hybridized carbons (Fsp3) is 0.346. The molecule has 172 valence electrons. The number of nitrogens with zero attached hydrogens (tertiary/aromatic N) is 2. The number of aryl methyl sites for hydroxylation is 1. The van der Waals surface area contributed by atoms with Gasteiger partial charge in [0.15, 0.2) is 0 Å². The zero-order chi connectivity index (χ0) is 23.4. The van der Waals surface area contributed by atoms with E-state index in [0.717, 1.165) is 43.4 Å². The van der Waals surface area contributed by atoms with Gasteiger partial charge in [0.05, 0.1) is 11.4 Å². The van der Waals surface area contributed by atoms with Crippen LogP contribution < -0.4 is 10.6 Å². The van der Waals surface area contributed by atoms with Crippen LogP contribution in [0.1, 0.15) is 67.1 Å². The zero-order valence-corrected chi connectivity index (χ0v) is 19.1. The van der Waals surface area contributed by atoms with Crippen molar-refractivity contribution < 1.29 is 14.7 Å². The number of carbonyl (C=O) groups excluding carboxylic acids is 2. The second kappa shape index (κ2) is 9.90. The lowest BCUT2D eigenvalue weighted by atomic mass is 9.82. The highest BCUT2D eigenvalue weighted by Crippen LogP contribution is 2.39. The number of hydrogen-bond acceptors (Lipinski definition) is 4. The van der Waals surface area contributed by atoms with Crippen LogP contribution in [0.5, 0.6) is 5.75 Å². The van der Waals surface area contributed by atoms with Gasteiger partial charge < -0.3 is 15.7 Å². The molecule has 3 N–H and O–H groups in total. The zero-order valence-electron chi connectivity index (χ0n) is 19.1. The van der Waals surface area contributed by atoms with E-state index in [1.165, 1.54) is 10.7 Å². The third kappa shape index (κ3) is 4.92. The molecular weight excluding hydrogens is 416 g/mol. The molecule has 1 aromatic heterocycles. The van der Waals surface area contributed by atoms with Gasteiger partial charge in [-0.3, -0.25) is 4.79 Å². The Balaban J connectivity index is 1.55. The normalized spacial score (nSPS) is 13.4. The van der Waals surface area contributed by atoms with Crippen molar-refractivity contribution in [2.45, 2.75) is 51.9 Å². The summed E-state index contributed by atoms with van der Waals surface area (Å²) in [6.45, 7) is 4.65. The molecule has 1 saturated carbocycles. The topological polar surface area (TPSA) is 96.3 Å². The third-order valence-electron chi connectivity index (χ3n) is 6.13. The molecule has 33 heavy (non-hydrogen) atoms. The van der Waals surface area contributed by atoms with E-state index in [-0.39, 0.29) is 17.7 Å². The summed E-state index contributed by atoms with van der Waals surface area (Å²) in [5, 5.41) is 20.9. The highest BCUT2D eigenvalue weighted by atomic mass is 16.3. The Morgan fingerprint density at radius 1 is 1.09 bits per heavy atom. The number of nitrogens with one attached hydrogen (secondary N) is 2. The van der Waals surface area contributed by atoms with Crippen LogP contribution in [0.2, 0.25) is 0 Å². The number of aromatic hydroxyl groups is 1. The van der Waals surface area contributed by atoms with E-state index < -0.39 is 0 Å². The van der Waals surface area contributed by atoms with Gasteiger partial charge in [0.25, 0.3) is 5.91 Å². The maximum atomic E-state index is 12.6. The van der Waals surface area contributed by atoms with Crippen LogP contribution in [-0.4, -0.2) is 33.4 Å². The molecule has 7 nitrogen and oxygen atoms in total. The maximum Gasteiger partial charge on any atom is 0.342 e. The minimum Gasteiger partial charge on any atom is -0.507 e. The Morgan fingerprint density at radius 3 is 2.45 bits per heavy atom. The molecule has 2 aromatic carbocycles. The Labute approximate surface area is 193 Å². The molecule has 0 unspecified atom stereocenters. The van der Waals surface area contributed by atoms with Gasteiger partial charge in [0.1, 0.15) is 5.75 Å². The van der Waals surface area contributed by atoms with Crippen LogP contribution in [0.4, 0.5) is 10.5 Å². The molecule has 4 rings (SSSR count). The van der Waals surface area contributed by atoms with Crippen molar-refractivity contribution in [3.05, 3.63) is 65.4 Å². The van der Waals surface area contributed by atoms with Crippen LogP contribution in [0.3, 0.4) is 0 Å². The van der Waals surface area contributed by atoms with Crippen LogP contribution >= 0.6 is 0 Å². The first-order valence-electron chi connectivity index (χ1n) is 11.6. The molecule has 3 aromatic rings. The van der Waals surface area contributed by atoms with Crippen LogP contribution in [-0.2, 0) is 6.42 Å². The molecule has 1 aliphatic carbocycles. The highest BCUT2D eigenvalue weighted by molar-refractivity contribution is 6.04. The van der Waals surface area contributed by atoms with Crippen molar-refractivity contribution >= 4 is 17.6 Å². The lowest BCUT2D eigenvalue weighted by molar-refractivity contribution is 0.102. The molecule has 1 heterocycles. The molecular formula is C26H30N4O3. The summed E-state index contributed by atoms with van der Waals surface area (Å²) in [7, 11) is 0. The molecule has 0 bridgehead atoms. The van der Waals surface area contributed by atoms with Crippen LogP contribution in [0, 0.1) is 0 Å². The molecule has 0 saturated heterocycles. The second-order valence-corrected chi connectivity index (χ2v) is 8.46. The first-order chi connectivity index (χ1) is 16.0. The molecule has 2 amide bonds. The smallest absolute Gasteiger partial charge is 0.342 e. The fourth-order valence-corrected chi connectivity index (χ4v) is 3.91. The van der Waals surface area contributed by atoms with E-state index >= 15 is 0 Å². The summed E-state index contributed by atoms with van der Waals surface area (Å²) in [6, 6.07) is 14.0. The van der Waals surface area contributed by atoms with E-state index in [0.29, 0.717) is 35.0 Å². The number of phenolic OH excluding ortho intramolecular Hbond substituents is 1. The van der Waals surface area contributed by atoms with Gasteiger partial charge in [-0.25, -0.2) is 4.79 Å². The van der Waals surface area contributed by atoms with Gasteiger partial charge >= 0.3 is 6.03 Å². The number of phenols is 1. The van der Waals surface area contributed by atoms with Crippen molar-refractivity contribution in [1.82, 2.24) is 15.1 Å². The minimum atomic E-state index is -0.248. The lowest BCUT2D eigenvalue weighted by Gasteiger charge is -2.25. The van der Waals surface area contributed by atoms with E-state index in [4.69, 9.17) is 0 Å². The van der Waals surface area contributed by atoms with E-state index in [9.17, 15) is 14.7 Å². The van der Waals surface area contributed by atoms with Crippen molar-refractivity contribution in [2.75, 3.05) is 11.9 Å². The molecule has 0 atom stereocenters. The number of carbonyl (C=O) groups is 2. The lowest BCUT2D eigenvalue weighted by Crippen LogP contribution is -2.32. The van der Waals surface area contributed by atoms with E-state index in [1.54, 1.807) is 24.3 Å². The summed E-state index contributed by atoms with van der Waals surface area (Å²) in [4.78, 5) is 25.2. The predicted octanol–water partition coefficient (Wildman–Crippen LogP) is 5.31. The minimum absolute atomic E-state index is 0.00657. The summed E-state index contributed by atoms with van der Waals surface area (Å²) < 4.78 is 1.43. The van der Waals surface area contributed by atoms with Gasteiger partial charge in [0.2, 0.25) is 0 Å². The average Bonchev–Trinajstić information content (AvgIpc) is 3.20. The molecule has 7 heteroatoms. The standard InChI is InChI=1S/C26H30N4O3/c1-3-14-27-26(33)30-23(18-6-5-7-18)16-22(29-30)21-13-12-20(15-24(21)31)28-25(32)19-10-8-17(4-2)9-11-19/h8-13,15-16,18,31H,3-7,14H2,1-2H3,(H,27,33)(H,28,32). The van der Waals surface area contributed by atoms with Gasteiger partial charge in [-0.15, -0.1) is 0 Å². The maximum absolute atomic E-state index is 12.6. The Hall–Kier alpha value is -3.61. The van der Waals surface area contributed by atoms with Gasteiger partial charge in [-0.1, -0.05) is 32.4 Å². The molecule has 0 spiro atoms. The van der Waals surface area contributed by atoms with E-state index in [1.807, 2.05) is 25.1 Å². The monoisotopic (exact) mass is 446 g/mol. The predicted molar refractivity (Wildman–Crippen MR) is 129 cm³/mol. The average molecular weight is 447 g/mol. The molecule has 1 aliphatic rings. The van der Waals surface area contributed by atoms with E-state index in [2.05, 4.69) is 22.7 Å². The number of aromatic nitrogens is 2. The van der Waals surface area contributed by atoms with Gasteiger partial charge in [0, 0.05) is 35.3 Å². The van der Waals surface area contributed by atoms with Gasteiger partial charge in [-0.2, -0.15) is 9.78 Å². The van der Waals surface area contributed by atoms with Crippen LogP contribution in [0.15, 0.2) is 48.5 Å². The fourth-order valence-electron chi connectivity index (χ4n) is 3.91. The Morgan fingerprint density at radius 2 is 1.85 bits per heavy atom. The third-order valence-corrected chi connectivity index (χ3v) is 6.13. The van der Waals surface area contributed by atoms with Crippen molar-refractivity contribution in [2.24, 2.45) is 0 Å². The van der Waals surface area contributed by atoms with Crippen molar-refractivity contribution in [3.63, 3.8) is 0 Å². The highest BCUT2D eigenvalue weighted by Gasteiger charge is 2.27. The quantitative estimate of drug-likeness (QED) is 0.458. The number of hydrogen-bond donors (Lipinski definition) is 3. The second-order valence-electron chi connectivity index (χ2n) is 8.46. The Kier molecular flexibility index (Phi) is 6.77. The molecule has 0 radical (unpaired) electrons. The molecule has 1 fully saturated rings. The molecule has 0 aliphatic heterocycles. The van der Waals surface area contributed by atoms with Crippen molar-refractivity contribution in [1.29, 1.82) is 0 Å². The van der Waals surface area contributed by atoms with Crippen molar-refractivity contribution in [3.8, 4) is 17.0 Å². The van der Waals surface area contributed by atoms with Crippen LogP contribution in [0.25, 0.3) is 11.3 Å².